The van der Waals surface area contributed by atoms with Crippen molar-refractivity contribution in [3.8, 4) is 5.75 Å². The number of benzene rings is 1. The molecule has 0 amide bonds. The molecule has 0 spiro atoms. The third-order valence-electron chi connectivity index (χ3n) is 1.87. The van der Waals surface area contributed by atoms with E-state index in [0.717, 1.165) is 15.1 Å². The van der Waals surface area contributed by atoms with E-state index >= 15 is 0 Å². The Bertz CT molecular complexity index is 458. The SMILES string of the molecule is Nc1ncsc1COc1ccccc1Br. The molecule has 78 valence electrons. The van der Waals surface area contributed by atoms with Crippen LogP contribution in [0.15, 0.2) is 34.2 Å². The Morgan fingerprint density at radius 1 is 1.40 bits per heavy atom. The Labute approximate surface area is 100 Å². The minimum atomic E-state index is 0.457. The lowest BCUT2D eigenvalue weighted by Crippen LogP contribution is -1.97. The first-order chi connectivity index (χ1) is 7.27. The number of hydrogen-bond acceptors (Lipinski definition) is 4. The Hall–Kier alpha value is -1.07. The minimum Gasteiger partial charge on any atom is -0.487 e. The zero-order chi connectivity index (χ0) is 10.7. The summed E-state index contributed by atoms with van der Waals surface area (Å²) >= 11 is 4.91. The van der Waals surface area contributed by atoms with Crippen molar-refractivity contribution in [3.05, 3.63) is 39.1 Å². The zero-order valence-electron chi connectivity index (χ0n) is 7.81. The molecule has 15 heavy (non-hydrogen) atoms. The Kier molecular flexibility index (Phi) is 3.23. The van der Waals surface area contributed by atoms with Gasteiger partial charge in [-0.2, -0.15) is 0 Å². The van der Waals surface area contributed by atoms with Gasteiger partial charge in [-0.1, -0.05) is 12.1 Å². The number of thiazole rings is 1. The lowest BCUT2D eigenvalue weighted by Gasteiger charge is -2.06. The summed E-state index contributed by atoms with van der Waals surface area (Å²) in [6.45, 7) is 0.457. The second-order valence-electron chi connectivity index (χ2n) is 2.88. The van der Waals surface area contributed by atoms with Crippen LogP contribution in [0.3, 0.4) is 0 Å². The van der Waals surface area contributed by atoms with Crippen LogP contribution in [-0.4, -0.2) is 4.98 Å². The first-order valence-electron chi connectivity index (χ1n) is 4.32. The summed E-state index contributed by atoms with van der Waals surface area (Å²) in [4.78, 5) is 4.91. The lowest BCUT2D eigenvalue weighted by molar-refractivity contribution is 0.308. The van der Waals surface area contributed by atoms with Gasteiger partial charge in [0.25, 0.3) is 0 Å². The maximum Gasteiger partial charge on any atom is 0.141 e. The van der Waals surface area contributed by atoms with Gasteiger partial charge < -0.3 is 10.5 Å². The van der Waals surface area contributed by atoms with E-state index in [9.17, 15) is 0 Å². The molecule has 5 heteroatoms. The summed E-state index contributed by atoms with van der Waals surface area (Å²) in [5.74, 6) is 1.36. The van der Waals surface area contributed by atoms with E-state index in [1.807, 2.05) is 24.3 Å². The van der Waals surface area contributed by atoms with Gasteiger partial charge in [-0.15, -0.1) is 11.3 Å². The first kappa shape index (κ1) is 10.4. The molecule has 2 aromatic rings. The largest absolute Gasteiger partial charge is 0.487 e. The van der Waals surface area contributed by atoms with Crippen LogP contribution in [0, 0.1) is 0 Å². The van der Waals surface area contributed by atoms with Crippen molar-refractivity contribution >= 4 is 33.1 Å². The van der Waals surface area contributed by atoms with Crippen LogP contribution in [0.4, 0.5) is 5.82 Å². The van der Waals surface area contributed by atoms with Crippen molar-refractivity contribution in [1.29, 1.82) is 0 Å². The van der Waals surface area contributed by atoms with Gasteiger partial charge in [-0.3, -0.25) is 0 Å². The second-order valence-corrected chi connectivity index (χ2v) is 4.67. The molecular weight excluding hydrogens is 276 g/mol. The number of halogens is 1. The fraction of sp³-hybridized carbons (Fsp3) is 0.100. The van der Waals surface area contributed by atoms with Crippen LogP contribution in [0.5, 0.6) is 5.75 Å². The summed E-state index contributed by atoms with van der Waals surface area (Å²) in [6.07, 6.45) is 0. The van der Waals surface area contributed by atoms with Crippen molar-refractivity contribution in [1.82, 2.24) is 4.98 Å². The molecule has 0 bridgehead atoms. The highest BCUT2D eigenvalue weighted by Gasteiger charge is 2.04. The molecule has 0 aliphatic carbocycles. The van der Waals surface area contributed by atoms with E-state index < -0.39 is 0 Å². The first-order valence-corrected chi connectivity index (χ1v) is 6.00. The van der Waals surface area contributed by atoms with Crippen LogP contribution in [0.1, 0.15) is 4.88 Å². The number of anilines is 1. The number of nitrogens with two attached hydrogens (primary N) is 1. The highest BCUT2D eigenvalue weighted by molar-refractivity contribution is 9.10. The molecule has 0 unspecified atom stereocenters. The van der Waals surface area contributed by atoms with Crippen molar-refractivity contribution in [3.63, 3.8) is 0 Å². The average molecular weight is 285 g/mol. The van der Waals surface area contributed by atoms with Crippen molar-refractivity contribution in [2.45, 2.75) is 6.61 Å². The predicted octanol–water partition coefficient (Wildman–Crippen LogP) is 3.07. The molecule has 0 saturated carbocycles. The molecule has 1 aromatic carbocycles. The van der Waals surface area contributed by atoms with Crippen LogP contribution in [-0.2, 0) is 6.61 Å². The van der Waals surface area contributed by atoms with E-state index in [-0.39, 0.29) is 0 Å². The van der Waals surface area contributed by atoms with Crippen LogP contribution >= 0.6 is 27.3 Å². The summed E-state index contributed by atoms with van der Waals surface area (Å²) < 4.78 is 6.54. The number of nitrogen functional groups attached to an aromatic ring is 1. The van der Waals surface area contributed by atoms with Gasteiger partial charge in [0.2, 0.25) is 0 Å². The molecule has 1 heterocycles. The number of hydrogen-bond donors (Lipinski definition) is 1. The van der Waals surface area contributed by atoms with Crippen molar-refractivity contribution in [2.24, 2.45) is 0 Å². The minimum absolute atomic E-state index is 0.457. The molecule has 0 saturated heterocycles. The Balaban J connectivity index is 2.06. The second kappa shape index (κ2) is 4.63. The average Bonchev–Trinajstić information content (AvgIpc) is 2.63. The fourth-order valence-electron chi connectivity index (χ4n) is 1.09. The molecule has 0 radical (unpaired) electrons. The lowest BCUT2D eigenvalue weighted by atomic mass is 10.3. The molecule has 1 aromatic heterocycles. The summed E-state index contributed by atoms with van der Waals surface area (Å²) in [6, 6.07) is 7.71. The number of para-hydroxylation sites is 1. The summed E-state index contributed by atoms with van der Waals surface area (Å²) in [5, 5.41) is 0. The molecule has 0 aliphatic rings. The standard InChI is InChI=1S/C10H9BrN2OS/c11-7-3-1-2-4-8(7)14-5-9-10(12)13-6-15-9/h1-4,6H,5,12H2. The number of rotatable bonds is 3. The smallest absolute Gasteiger partial charge is 0.141 e. The molecule has 2 N–H and O–H groups in total. The van der Waals surface area contributed by atoms with Crippen molar-refractivity contribution in [2.75, 3.05) is 5.73 Å². The molecule has 0 atom stereocenters. The Morgan fingerprint density at radius 3 is 2.87 bits per heavy atom. The third-order valence-corrected chi connectivity index (χ3v) is 3.35. The molecule has 2 rings (SSSR count). The normalized spacial score (nSPS) is 10.2. The molecule has 3 nitrogen and oxygen atoms in total. The monoisotopic (exact) mass is 284 g/mol. The highest BCUT2D eigenvalue weighted by Crippen LogP contribution is 2.26. The van der Waals surface area contributed by atoms with Gasteiger partial charge in [0.1, 0.15) is 18.2 Å². The van der Waals surface area contributed by atoms with Gasteiger partial charge in [0.15, 0.2) is 0 Å². The quantitative estimate of drug-likeness (QED) is 0.942. The number of aromatic nitrogens is 1. The highest BCUT2D eigenvalue weighted by atomic mass is 79.9. The van der Waals surface area contributed by atoms with Gasteiger partial charge in [0, 0.05) is 0 Å². The zero-order valence-corrected chi connectivity index (χ0v) is 10.2. The fourth-order valence-corrected chi connectivity index (χ4v) is 2.09. The van der Waals surface area contributed by atoms with E-state index in [2.05, 4.69) is 20.9 Å². The van der Waals surface area contributed by atoms with Gasteiger partial charge in [-0.05, 0) is 28.1 Å². The number of ether oxygens (including phenoxy) is 1. The van der Waals surface area contributed by atoms with E-state index in [1.54, 1.807) is 5.51 Å². The number of nitrogens with zero attached hydrogens (tertiary/aromatic N) is 1. The van der Waals surface area contributed by atoms with Crippen LogP contribution in [0.25, 0.3) is 0 Å². The summed E-state index contributed by atoms with van der Waals surface area (Å²) in [7, 11) is 0. The molecule has 0 fully saturated rings. The maximum atomic E-state index is 5.65. The van der Waals surface area contributed by atoms with E-state index in [0.29, 0.717) is 12.4 Å². The van der Waals surface area contributed by atoms with E-state index in [1.165, 1.54) is 11.3 Å². The van der Waals surface area contributed by atoms with Crippen LogP contribution < -0.4 is 10.5 Å². The predicted molar refractivity (Wildman–Crippen MR) is 65.0 cm³/mol. The summed E-state index contributed by atoms with van der Waals surface area (Å²) in [5.41, 5.74) is 7.37. The topological polar surface area (TPSA) is 48.1 Å². The van der Waals surface area contributed by atoms with Gasteiger partial charge in [0.05, 0.1) is 14.9 Å². The third kappa shape index (κ3) is 2.49. The maximum absolute atomic E-state index is 5.65. The molecule has 0 aliphatic heterocycles. The van der Waals surface area contributed by atoms with Crippen molar-refractivity contribution < 1.29 is 4.74 Å². The van der Waals surface area contributed by atoms with Crippen LogP contribution in [0.2, 0.25) is 0 Å². The van der Waals surface area contributed by atoms with Gasteiger partial charge >= 0.3 is 0 Å². The van der Waals surface area contributed by atoms with Gasteiger partial charge in [-0.25, -0.2) is 4.98 Å². The Morgan fingerprint density at radius 2 is 2.20 bits per heavy atom. The van der Waals surface area contributed by atoms with E-state index in [4.69, 9.17) is 10.5 Å². The molecular formula is C10H9BrN2OS.